The summed E-state index contributed by atoms with van der Waals surface area (Å²) in [6.07, 6.45) is 0.484. The third kappa shape index (κ3) is 3.43. The van der Waals surface area contributed by atoms with Crippen molar-refractivity contribution in [2.24, 2.45) is 0 Å². The molecular formula is C23H26F2N6. The molecule has 1 aliphatic rings. The van der Waals surface area contributed by atoms with Crippen molar-refractivity contribution in [1.29, 1.82) is 5.26 Å². The molecule has 31 heavy (non-hydrogen) atoms. The summed E-state index contributed by atoms with van der Waals surface area (Å²) in [4.78, 5) is 6.30. The van der Waals surface area contributed by atoms with Gasteiger partial charge in [-0.3, -0.25) is 0 Å². The Kier molecular flexibility index (Phi) is 5.18. The number of pyridine rings is 1. The minimum absolute atomic E-state index is 0.112. The summed E-state index contributed by atoms with van der Waals surface area (Å²) in [5.74, 6) is -3.02. The molecule has 0 unspecified atom stereocenters. The number of likely N-dealkylation sites (N-methyl/N-ethyl adjacent to an activating group) is 1. The lowest BCUT2D eigenvalue weighted by molar-refractivity contribution is -0.0173. The first-order valence-electron chi connectivity index (χ1n) is 10.5. The molecule has 1 N–H and O–H groups in total. The van der Waals surface area contributed by atoms with Crippen LogP contribution < -0.4 is 10.2 Å². The molecule has 4 rings (SSSR count). The van der Waals surface area contributed by atoms with Crippen molar-refractivity contribution in [1.82, 2.24) is 19.9 Å². The van der Waals surface area contributed by atoms with Gasteiger partial charge < -0.3 is 10.2 Å². The molecule has 1 fully saturated rings. The van der Waals surface area contributed by atoms with E-state index in [2.05, 4.69) is 33.3 Å². The summed E-state index contributed by atoms with van der Waals surface area (Å²) >= 11 is 0. The van der Waals surface area contributed by atoms with Gasteiger partial charge in [-0.25, -0.2) is 4.98 Å². The molecule has 2 aromatic heterocycles. The second kappa shape index (κ2) is 7.57. The zero-order valence-corrected chi connectivity index (χ0v) is 18.2. The van der Waals surface area contributed by atoms with Crippen LogP contribution in [0.15, 0.2) is 30.3 Å². The van der Waals surface area contributed by atoms with E-state index in [-0.39, 0.29) is 16.7 Å². The lowest BCUT2D eigenvalue weighted by Crippen LogP contribution is -2.42. The quantitative estimate of drug-likeness (QED) is 0.663. The van der Waals surface area contributed by atoms with Gasteiger partial charge in [-0.15, -0.1) is 5.10 Å². The molecule has 0 amide bonds. The molecule has 0 spiro atoms. The Hall–Kier alpha value is -3.05. The third-order valence-electron chi connectivity index (χ3n) is 6.33. The predicted octanol–water partition coefficient (Wildman–Crippen LogP) is 4.27. The Morgan fingerprint density at radius 2 is 2.00 bits per heavy atom. The monoisotopic (exact) mass is 424 g/mol. The minimum atomic E-state index is -3.17. The fourth-order valence-electron chi connectivity index (χ4n) is 4.22. The average molecular weight is 424 g/mol. The number of rotatable bonds is 5. The highest BCUT2D eigenvalue weighted by Crippen LogP contribution is 2.40. The van der Waals surface area contributed by atoms with E-state index >= 15 is 0 Å². The molecule has 1 aromatic carbocycles. The van der Waals surface area contributed by atoms with Crippen LogP contribution in [0.1, 0.15) is 43.6 Å². The van der Waals surface area contributed by atoms with Gasteiger partial charge in [0.2, 0.25) is 5.82 Å². The number of nitrogens with zero attached hydrogens (tertiary/aromatic N) is 5. The fourth-order valence-corrected chi connectivity index (χ4v) is 4.22. The molecule has 0 bridgehead atoms. The number of fused-ring (bicyclic) bond motifs is 1. The van der Waals surface area contributed by atoms with Gasteiger partial charge in [0.05, 0.1) is 0 Å². The highest BCUT2D eigenvalue weighted by Gasteiger charge is 2.38. The van der Waals surface area contributed by atoms with Crippen LogP contribution in [-0.4, -0.2) is 40.3 Å². The highest BCUT2D eigenvalue weighted by atomic mass is 19.3. The van der Waals surface area contributed by atoms with Crippen LogP contribution in [-0.2, 0) is 5.92 Å². The molecule has 0 aliphatic carbocycles. The van der Waals surface area contributed by atoms with E-state index < -0.39 is 18.2 Å². The van der Waals surface area contributed by atoms with Gasteiger partial charge in [-0.05, 0) is 38.4 Å². The molecule has 1 saturated heterocycles. The molecule has 0 saturated carbocycles. The highest BCUT2D eigenvalue weighted by molar-refractivity contribution is 5.85. The summed E-state index contributed by atoms with van der Waals surface area (Å²) in [6, 6.07) is 11.9. The van der Waals surface area contributed by atoms with E-state index in [1.165, 1.54) is 11.4 Å². The fraction of sp³-hybridized carbons (Fsp3) is 0.435. The number of hydrogen-bond acceptors (Lipinski definition) is 5. The van der Waals surface area contributed by atoms with Crippen LogP contribution >= 0.6 is 0 Å². The van der Waals surface area contributed by atoms with Gasteiger partial charge in [-0.1, -0.05) is 37.3 Å². The van der Waals surface area contributed by atoms with Crippen molar-refractivity contribution in [2.45, 2.75) is 45.1 Å². The predicted molar refractivity (Wildman–Crippen MR) is 116 cm³/mol. The molecule has 8 heteroatoms. The van der Waals surface area contributed by atoms with Gasteiger partial charge in [-0.2, -0.15) is 18.6 Å². The van der Waals surface area contributed by atoms with Crippen molar-refractivity contribution in [3.63, 3.8) is 0 Å². The number of anilines is 1. The Balaban J connectivity index is 2.07. The number of nitrogens with one attached hydrogen (secondary N) is 1. The normalized spacial score (nSPS) is 19.2. The van der Waals surface area contributed by atoms with E-state index in [1.54, 1.807) is 0 Å². The van der Waals surface area contributed by atoms with Crippen molar-refractivity contribution < 1.29 is 8.78 Å². The lowest BCUT2D eigenvalue weighted by atomic mass is 9.97. The maximum absolute atomic E-state index is 14.5. The summed E-state index contributed by atoms with van der Waals surface area (Å²) < 4.78 is 30.5. The minimum Gasteiger partial charge on any atom is -0.354 e. The van der Waals surface area contributed by atoms with Crippen LogP contribution in [0.2, 0.25) is 0 Å². The number of benzene rings is 1. The lowest BCUT2D eigenvalue weighted by Gasteiger charge is -2.27. The van der Waals surface area contributed by atoms with Gasteiger partial charge >= 0.3 is 5.92 Å². The summed E-state index contributed by atoms with van der Waals surface area (Å²) in [5, 5.41) is 17.5. The van der Waals surface area contributed by atoms with Crippen molar-refractivity contribution >= 4 is 11.5 Å². The summed E-state index contributed by atoms with van der Waals surface area (Å²) in [7, 11) is 1.93. The number of nitriles is 1. The molecular weight excluding hydrogens is 398 g/mol. The standard InChI is InChI=1S/C23H26F2N6/c1-5-23(24,25)21-28-19-17(13-26)15(2)18(16-9-7-6-8-10-16)20(31(19)29-21)30-12-11-22(3,14-30)27-4/h6-10,27H,5,11-12,14H2,1-4H3/t22-/m0/s1. The molecule has 1 aliphatic heterocycles. The number of halogens is 2. The van der Waals surface area contributed by atoms with Gasteiger partial charge in [0.25, 0.3) is 0 Å². The van der Waals surface area contributed by atoms with Crippen molar-refractivity contribution in [2.75, 3.05) is 25.0 Å². The Morgan fingerprint density at radius 3 is 2.58 bits per heavy atom. The topological polar surface area (TPSA) is 69.2 Å². The zero-order chi connectivity index (χ0) is 22.4. The number of hydrogen-bond donors (Lipinski definition) is 1. The first-order valence-corrected chi connectivity index (χ1v) is 10.5. The molecule has 1 atom stereocenters. The molecule has 6 nitrogen and oxygen atoms in total. The van der Waals surface area contributed by atoms with Crippen LogP contribution in [0.4, 0.5) is 14.6 Å². The zero-order valence-electron chi connectivity index (χ0n) is 18.2. The van der Waals surface area contributed by atoms with Crippen LogP contribution in [0.5, 0.6) is 0 Å². The van der Waals surface area contributed by atoms with Crippen LogP contribution in [0.3, 0.4) is 0 Å². The Labute approximate surface area is 180 Å². The molecule has 3 heterocycles. The number of aromatic nitrogens is 3. The second-order valence-corrected chi connectivity index (χ2v) is 8.39. The smallest absolute Gasteiger partial charge is 0.308 e. The maximum Gasteiger partial charge on any atom is 0.308 e. The summed E-state index contributed by atoms with van der Waals surface area (Å²) in [6.45, 7) is 6.81. The van der Waals surface area contributed by atoms with E-state index in [0.717, 1.165) is 24.1 Å². The van der Waals surface area contributed by atoms with Gasteiger partial charge in [0, 0.05) is 30.6 Å². The largest absolute Gasteiger partial charge is 0.354 e. The third-order valence-corrected chi connectivity index (χ3v) is 6.33. The maximum atomic E-state index is 14.5. The first kappa shape index (κ1) is 21.2. The Bertz CT molecular complexity index is 1160. The van der Waals surface area contributed by atoms with Crippen LogP contribution in [0, 0.1) is 18.3 Å². The Morgan fingerprint density at radius 1 is 1.29 bits per heavy atom. The second-order valence-electron chi connectivity index (χ2n) is 8.39. The van der Waals surface area contributed by atoms with E-state index in [9.17, 15) is 14.0 Å². The SMILES string of the molecule is CCC(F)(F)c1nc2c(C#N)c(C)c(-c3ccccc3)c(N3CC[C@](C)(NC)C3)n2n1. The average Bonchev–Trinajstić information content (AvgIpc) is 3.39. The van der Waals surface area contributed by atoms with E-state index in [0.29, 0.717) is 17.9 Å². The van der Waals surface area contributed by atoms with Crippen molar-refractivity contribution in [3.8, 4) is 17.2 Å². The number of alkyl halides is 2. The van der Waals surface area contributed by atoms with Crippen molar-refractivity contribution in [3.05, 3.63) is 47.3 Å². The van der Waals surface area contributed by atoms with E-state index in [4.69, 9.17) is 0 Å². The first-order chi connectivity index (χ1) is 14.7. The molecule has 3 aromatic rings. The van der Waals surface area contributed by atoms with Crippen LogP contribution in [0.25, 0.3) is 16.8 Å². The van der Waals surface area contributed by atoms with Gasteiger partial charge in [0.1, 0.15) is 17.5 Å². The molecule has 162 valence electrons. The summed E-state index contributed by atoms with van der Waals surface area (Å²) in [5.41, 5.74) is 2.78. The molecule has 0 radical (unpaired) electrons. The van der Waals surface area contributed by atoms with Gasteiger partial charge in [0.15, 0.2) is 5.65 Å². The van der Waals surface area contributed by atoms with E-state index in [1.807, 2.05) is 44.3 Å².